The van der Waals surface area contributed by atoms with Crippen molar-refractivity contribution < 1.29 is 9.53 Å². The molecule has 0 radical (unpaired) electrons. The molecule has 0 aliphatic heterocycles. The Morgan fingerprint density at radius 1 is 0.692 bits per heavy atom. The highest BCUT2D eigenvalue weighted by atomic mass is 16.5. The first kappa shape index (κ1) is 24.6. The van der Waals surface area contributed by atoms with Gasteiger partial charge in [0.1, 0.15) is 0 Å². The lowest BCUT2D eigenvalue weighted by Gasteiger charge is -2.03. The van der Waals surface area contributed by atoms with Crippen LogP contribution < -0.4 is 0 Å². The molecule has 0 fully saturated rings. The average Bonchev–Trinajstić information content (AvgIpc) is 2.64. The Balaban J connectivity index is 3.18. The summed E-state index contributed by atoms with van der Waals surface area (Å²) >= 11 is 0. The van der Waals surface area contributed by atoms with E-state index in [2.05, 4.69) is 30.6 Å². The molecule has 0 aromatic rings. The maximum atomic E-state index is 11.5. The maximum absolute atomic E-state index is 11.5. The molecule has 0 atom stereocenters. The molecule has 0 spiro atoms. The first-order valence-corrected chi connectivity index (χ1v) is 10.9. The minimum absolute atomic E-state index is 0.140. The molecular formula is C24H40O2. The zero-order valence-electron chi connectivity index (χ0n) is 17.3. The van der Waals surface area contributed by atoms with Crippen molar-refractivity contribution in [3.8, 4) is 23.7 Å². The van der Waals surface area contributed by atoms with Crippen molar-refractivity contribution in [1.29, 1.82) is 0 Å². The van der Waals surface area contributed by atoms with Crippen molar-refractivity contribution in [2.75, 3.05) is 6.61 Å². The van der Waals surface area contributed by atoms with Gasteiger partial charge in [0.05, 0.1) is 0 Å². The highest BCUT2D eigenvalue weighted by Gasteiger charge is 2.01. The highest BCUT2D eigenvalue weighted by Crippen LogP contribution is 2.13. The molecule has 0 heterocycles. The molecule has 0 aliphatic rings. The lowest BCUT2D eigenvalue weighted by Crippen LogP contribution is -2.04. The summed E-state index contributed by atoms with van der Waals surface area (Å²) in [6.07, 6.45) is 20.5. The number of ether oxygens (including phenoxy) is 1. The van der Waals surface area contributed by atoms with Crippen LogP contribution in [-0.2, 0) is 9.53 Å². The summed E-state index contributed by atoms with van der Waals surface area (Å²) in [5.74, 6) is 10.5. The summed E-state index contributed by atoms with van der Waals surface area (Å²) in [6.45, 7) is 4.17. The van der Waals surface area contributed by atoms with Crippen LogP contribution in [0.25, 0.3) is 0 Å². The van der Waals surface area contributed by atoms with Gasteiger partial charge in [-0.3, -0.25) is 4.79 Å². The fourth-order valence-electron chi connectivity index (χ4n) is 2.97. The summed E-state index contributed by atoms with van der Waals surface area (Å²) in [4.78, 5) is 11.5. The van der Waals surface area contributed by atoms with Crippen LogP contribution in [0.3, 0.4) is 0 Å². The number of hydrogen-bond donors (Lipinski definition) is 0. The molecule has 0 bridgehead atoms. The minimum Gasteiger partial charge on any atom is -0.452 e. The molecule has 0 rings (SSSR count). The number of rotatable bonds is 17. The van der Waals surface area contributed by atoms with Gasteiger partial charge in [-0.2, -0.15) is 0 Å². The predicted octanol–water partition coefficient (Wildman–Crippen LogP) is 6.82. The quantitative estimate of drug-likeness (QED) is 0.162. The van der Waals surface area contributed by atoms with Crippen molar-refractivity contribution in [1.82, 2.24) is 0 Å². The summed E-state index contributed by atoms with van der Waals surface area (Å²) in [6, 6.07) is 0. The number of carbonyl (C=O) groups excluding carboxylic acids is 1. The van der Waals surface area contributed by atoms with Gasteiger partial charge < -0.3 is 4.74 Å². The Morgan fingerprint density at radius 3 is 1.62 bits per heavy atom. The Labute approximate surface area is 162 Å². The van der Waals surface area contributed by atoms with Crippen LogP contribution in [0.2, 0.25) is 0 Å². The van der Waals surface area contributed by atoms with E-state index in [0.717, 1.165) is 12.8 Å². The Bertz CT molecular complexity index is 431. The van der Waals surface area contributed by atoms with Crippen molar-refractivity contribution >= 4 is 5.97 Å². The van der Waals surface area contributed by atoms with Gasteiger partial charge in [-0.25, -0.2) is 0 Å². The molecule has 0 aliphatic carbocycles. The van der Waals surface area contributed by atoms with E-state index in [1.807, 2.05) is 0 Å². The summed E-state index contributed by atoms with van der Waals surface area (Å²) in [5.41, 5.74) is 0. The Hall–Kier alpha value is -1.41. The van der Waals surface area contributed by atoms with Crippen LogP contribution in [0, 0.1) is 23.7 Å². The lowest BCUT2D eigenvalue weighted by molar-refractivity contribution is -0.142. The number of hydrogen-bond acceptors (Lipinski definition) is 2. The molecule has 0 saturated carbocycles. The van der Waals surface area contributed by atoms with Gasteiger partial charge in [0, 0.05) is 6.42 Å². The van der Waals surface area contributed by atoms with Gasteiger partial charge in [0.15, 0.2) is 6.61 Å². The molecule has 0 N–H and O–H groups in total. The van der Waals surface area contributed by atoms with E-state index in [1.165, 1.54) is 83.5 Å². The summed E-state index contributed by atoms with van der Waals surface area (Å²) in [5, 5.41) is 0. The van der Waals surface area contributed by atoms with Crippen LogP contribution in [0.1, 0.15) is 117 Å². The zero-order chi connectivity index (χ0) is 19.1. The van der Waals surface area contributed by atoms with E-state index in [0.29, 0.717) is 6.42 Å². The number of carbonyl (C=O) groups is 1. The van der Waals surface area contributed by atoms with Gasteiger partial charge in [0.2, 0.25) is 0 Å². The minimum atomic E-state index is -0.140. The van der Waals surface area contributed by atoms with Crippen molar-refractivity contribution in [2.24, 2.45) is 0 Å². The van der Waals surface area contributed by atoms with Crippen molar-refractivity contribution in [2.45, 2.75) is 117 Å². The fraction of sp³-hybridized carbons (Fsp3) is 0.792. The van der Waals surface area contributed by atoms with E-state index in [1.54, 1.807) is 6.92 Å². The lowest BCUT2D eigenvalue weighted by atomic mass is 10.0. The molecule has 26 heavy (non-hydrogen) atoms. The standard InChI is InChI=1S/C24H40O2/c1-3-5-7-9-10-11-12-13-14-15-16-17-18-19-20-22-24(25)26-23-21-8-6-4-2/h3,5,7,9-20,22-23H2,1-2H3. The van der Waals surface area contributed by atoms with Gasteiger partial charge in [0.25, 0.3) is 0 Å². The van der Waals surface area contributed by atoms with Crippen LogP contribution in [0.5, 0.6) is 0 Å². The topological polar surface area (TPSA) is 26.3 Å². The van der Waals surface area contributed by atoms with Crippen LogP contribution in [0.15, 0.2) is 0 Å². The highest BCUT2D eigenvalue weighted by molar-refractivity contribution is 5.69. The van der Waals surface area contributed by atoms with Crippen molar-refractivity contribution in [3.63, 3.8) is 0 Å². The van der Waals surface area contributed by atoms with Gasteiger partial charge in [-0.15, -0.1) is 0 Å². The first-order valence-electron chi connectivity index (χ1n) is 10.9. The van der Waals surface area contributed by atoms with E-state index in [-0.39, 0.29) is 12.6 Å². The Kier molecular flexibility index (Phi) is 20.5. The zero-order valence-corrected chi connectivity index (χ0v) is 17.3. The van der Waals surface area contributed by atoms with Crippen LogP contribution in [0.4, 0.5) is 0 Å². The van der Waals surface area contributed by atoms with E-state index in [4.69, 9.17) is 4.74 Å². The van der Waals surface area contributed by atoms with Crippen molar-refractivity contribution in [3.05, 3.63) is 0 Å². The molecule has 2 nitrogen and oxygen atoms in total. The third-order valence-corrected chi connectivity index (χ3v) is 4.57. The van der Waals surface area contributed by atoms with E-state index in [9.17, 15) is 4.79 Å². The first-order chi connectivity index (χ1) is 12.8. The molecule has 148 valence electrons. The monoisotopic (exact) mass is 360 g/mol. The molecule has 2 heteroatoms. The van der Waals surface area contributed by atoms with Gasteiger partial charge >= 0.3 is 5.97 Å². The fourth-order valence-corrected chi connectivity index (χ4v) is 2.97. The predicted molar refractivity (Wildman–Crippen MR) is 112 cm³/mol. The Morgan fingerprint density at radius 2 is 1.15 bits per heavy atom. The third kappa shape index (κ3) is 20.6. The SMILES string of the molecule is CC#CC#CCOC(=O)CCCCCCCCCCCCCCCCC. The summed E-state index contributed by atoms with van der Waals surface area (Å²) < 4.78 is 5.03. The van der Waals surface area contributed by atoms with Gasteiger partial charge in [-0.05, 0) is 31.1 Å². The smallest absolute Gasteiger partial charge is 0.306 e. The molecule has 0 aromatic heterocycles. The van der Waals surface area contributed by atoms with E-state index >= 15 is 0 Å². The van der Waals surface area contributed by atoms with Crippen LogP contribution in [-0.4, -0.2) is 12.6 Å². The molecular weight excluding hydrogens is 320 g/mol. The normalized spacial score (nSPS) is 9.77. The molecule has 0 saturated heterocycles. The maximum Gasteiger partial charge on any atom is 0.306 e. The van der Waals surface area contributed by atoms with Gasteiger partial charge in [-0.1, -0.05) is 103 Å². The molecule has 0 aromatic carbocycles. The second kappa shape index (κ2) is 21.6. The molecule has 0 amide bonds. The number of esters is 1. The second-order valence-electron chi connectivity index (χ2n) is 7.04. The largest absolute Gasteiger partial charge is 0.452 e. The van der Waals surface area contributed by atoms with Crippen LogP contribution >= 0.6 is 0 Å². The number of unbranched alkanes of at least 4 members (excludes halogenated alkanes) is 14. The average molecular weight is 361 g/mol. The second-order valence-corrected chi connectivity index (χ2v) is 7.04. The van der Waals surface area contributed by atoms with E-state index < -0.39 is 0 Å². The molecule has 0 unspecified atom stereocenters. The third-order valence-electron chi connectivity index (χ3n) is 4.57. The summed E-state index contributed by atoms with van der Waals surface area (Å²) in [7, 11) is 0.